The molecule has 24 heavy (non-hydrogen) atoms. The van der Waals surface area contributed by atoms with E-state index in [0.717, 1.165) is 36.8 Å². The Bertz CT molecular complexity index is 694. The van der Waals surface area contributed by atoms with Crippen molar-refractivity contribution in [2.45, 2.75) is 32.9 Å². The lowest BCUT2D eigenvalue weighted by Crippen LogP contribution is -2.30. The first kappa shape index (κ1) is 16.7. The third kappa shape index (κ3) is 4.21. The molecular weight excluding hydrogens is 300 g/mol. The molecule has 6 heteroatoms. The van der Waals surface area contributed by atoms with Gasteiger partial charge in [0.05, 0.1) is 0 Å². The Kier molecular flexibility index (Phi) is 5.27. The Morgan fingerprint density at radius 3 is 2.83 bits per heavy atom. The number of benzene rings is 1. The molecule has 1 atom stereocenters. The maximum absolute atomic E-state index is 4.45. The quantitative estimate of drug-likeness (QED) is 0.653. The second kappa shape index (κ2) is 7.59. The summed E-state index contributed by atoms with van der Waals surface area (Å²) in [6.07, 6.45) is 1.20. The summed E-state index contributed by atoms with van der Waals surface area (Å²) in [5.74, 6) is 1.43. The predicted octanol–water partition coefficient (Wildman–Crippen LogP) is 2.33. The molecule has 2 aromatic rings. The molecule has 0 spiro atoms. The fourth-order valence-electron chi connectivity index (χ4n) is 2.90. The van der Waals surface area contributed by atoms with Crippen LogP contribution in [0.3, 0.4) is 0 Å². The normalized spacial score (nSPS) is 17.0. The van der Waals surface area contributed by atoms with E-state index >= 15 is 0 Å². The summed E-state index contributed by atoms with van der Waals surface area (Å²) in [7, 11) is 1.86. The van der Waals surface area contributed by atoms with Gasteiger partial charge in [0.2, 0.25) is 5.95 Å². The summed E-state index contributed by atoms with van der Waals surface area (Å²) in [5, 5.41) is 13.4. The maximum Gasteiger partial charge on any atom is 0.229 e. The summed E-state index contributed by atoms with van der Waals surface area (Å²) in [5.41, 5.74) is 4.53. The highest BCUT2D eigenvalue weighted by Gasteiger charge is 2.13. The zero-order valence-electron chi connectivity index (χ0n) is 14.6. The van der Waals surface area contributed by atoms with Crippen molar-refractivity contribution in [3.05, 3.63) is 41.1 Å². The van der Waals surface area contributed by atoms with Crippen LogP contribution in [0.5, 0.6) is 0 Å². The van der Waals surface area contributed by atoms with Crippen molar-refractivity contribution in [1.29, 1.82) is 0 Å². The van der Waals surface area contributed by atoms with Crippen LogP contribution >= 0.6 is 0 Å². The third-order valence-corrected chi connectivity index (χ3v) is 4.36. The van der Waals surface area contributed by atoms with Crippen LogP contribution in [-0.2, 0) is 6.54 Å². The SMILES string of the molecule is CNc1cc(C)nc(Nc2ccc(C)c(CN[C@H]3CCNC3)c2)n1. The van der Waals surface area contributed by atoms with Gasteiger partial charge in [0, 0.05) is 43.6 Å². The third-order valence-electron chi connectivity index (χ3n) is 4.36. The summed E-state index contributed by atoms with van der Waals surface area (Å²) in [6.45, 7) is 7.16. The van der Waals surface area contributed by atoms with Crippen LogP contribution in [-0.4, -0.2) is 36.1 Å². The standard InChI is InChI=1S/C18H26N6/c1-12-4-5-15(9-14(12)10-21-16-6-7-20-11-16)23-18-22-13(2)8-17(19-3)24-18/h4-5,8-9,16,20-21H,6-7,10-11H2,1-3H3,(H2,19,22,23,24)/t16-/m0/s1. The van der Waals surface area contributed by atoms with Crippen molar-refractivity contribution >= 4 is 17.5 Å². The highest BCUT2D eigenvalue weighted by Crippen LogP contribution is 2.19. The molecule has 0 unspecified atom stereocenters. The van der Waals surface area contributed by atoms with E-state index in [-0.39, 0.29) is 0 Å². The second-order valence-corrected chi connectivity index (χ2v) is 6.31. The van der Waals surface area contributed by atoms with Crippen molar-refractivity contribution in [2.75, 3.05) is 30.8 Å². The van der Waals surface area contributed by atoms with Crippen LogP contribution in [0.2, 0.25) is 0 Å². The van der Waals surface area contributed by atoms with Crippen molar-refractivity contribution in [2.24, 2.45) is 0 Å². The molecule has 1 aliphatic heterocycles. The van der Waals surface area contributed by atoms with Gasteiger partial charge >= 0.3 is 0 Å². The van der Waals surface area contributed by atoms with Gasteiger partial charge in [-0.25, -0.2) is 4.98 Å². The topological polar surface area (TPSA) is 73.9 Å². The van der Waals surface area contributed by atoms with Gasteiger partial charge in [-0.3, -0.25) is 0 Å². The monoisotopic (exact) mass is 326 g/mol. The Morgan fingerprint density at radius 2 is 2.08 bits per heavy atom. The summed E-state index contributed by atoms with van der Waals surface area (Å²) in [4.78, 5) is 8.90. The number of nitrogens with one attached hydrogen (secondary N) is 4. The molecule has 1 fully saturated rings. The molecule has 0 amide bonds. The van der Waals surface area contributed by atoms with E-state index in [1.54, 1.807) is 0 Å². The molecule has 2 heterocycles. The van der Waals surface area contributed by atoms with Crippen LogP contribution < -0.4 is 21.3 Å². The molecule has 0 aliphatic carbocycles. The Hall–Kier alpha value is -2.18. The summed E-state index contributed by atoms with van der Waals surface area (Å²) >= 11 is 0. The number of nitrogens with zero attached hydrogens (tertiary/aromatic N) is 2. The van der Waals surface area contributed by atoms with E-state index in [0.29, 0.717) is 12.0 Å². The van der Waals surface area contributed by atoms with Crippen LogP contribution in [0.25, 0.3) is 0 Å². The van der Waals surface area contributed by atoms with Gasteiger partial charge in [-0.15, -0.1) is 0 Å². The molecule has 128 valence electrons. The van der Waals surface area contributed by atoms with Crippen molar-refractivity contribution in [1.82, 2.24) is 20.6 Å². The van der Waals surface area contributed by atoms with E-state index in [4.69, 9.17) is 0 Å². The van der Waals surface area contributed by atoms with Gasteiger partial charge < -0.3 is 21.3 Å². The Morgan fingerprint density at radius 1 is 1.21 bits per heavy atom. The van der Waals surface area contributed by atoms with Crippen molar-refractivity contribution < 1.29 is 0 Å². The molecule has 1 aromatic heterocycles. The Balaban J connectivity index is 1.71. The van der Waals surface area contributed by atoms with Gasteiger partial charge in [-0.1, -0.05) is 6.07 Å². The summed E-state index contributed by atoms with van der Waals surface area (Å²) < 4.78 is 0. The fourth-order valence-corrected chi connectivity index (χ4v) is 2.90. The molecule has 0 saturated carbocycles. The lowest BCUT2D eigenvalue weighted by atomic mass is 10.1. The largest absolute Gasteiger partial charge is 0.373 e. The van der Waals surface area contributed by atoms with Crippen molar-refractivity contribution in [3.63, 3.8) is 0 Å². The minimum Gasteiger partial charge on any atom is -0.373 e. The molecule has 6 nitrogen and oxygen atoms in total. The van der Waals surface area contributed by atoms with Gasteiger partial charge in [0.25, 0.3) is 0 Å². The van der Waals surface area contributed by atoms with E-state index in [1.807, 2.05) is 20.0 Å². The smallest absolute Gasteiger partial charge is 0.229 e. The number of hydrogen-bond donors (Lipinski definition) is 4. The number of hydrogen-bond acceptors (Lipinski definition) is 6. The van der Waals surface area contributed by atoms with Crippen LogP contribution in [0.1, 0.15) is 23.2 Å². The molecule has 0 radical (unpaired) electrons. The fraction of sp³-hybridized carbons (Fsp3) is 0.444. The number of rotatable bonds is 6. The number of aromatic nitrogens is 2. The number of aryl methyl sites for hydroxylation is 2. The lowest BCUT2D eigenvalue weighted by Gasteiger charge is -2.14. The lowest BCUT2D eigenvalue weighted by molar-refractivity contribution is 0.546. The highest BCUT2D eigenvalue weighted by molar-refractivity contribution is 5.57. The molecular formula is C18H26N6. The summed E-state index contributed by atoms with van der Waals surface area (Å²) in [6, 6.07) is 8.88. The number of anilines is 3. The van der Waals surface area contributed by atoms with Crippen LogP contribution in [0.15, 0.2) is 24.3 Å². The first-order valence-corrected chi connectivity index (χ1v) is 8.48. The zero-order valence-corrected chi connectivity index (χ0v) is 14.6. The van der Waals surface area contributed by atoms with E-state index in [9.17, 15) is 0 Å². The minimum absolute atomic E-state index is 0.569. The van der Waals surface area contributed by atoms with Crippen LogP contribution in [0.4, 0.5) is 17.5 Å². The first-order valence-electron chi connectivity index (χ1n) is 8.48. The molecule has 3 rings (SSSR count). The average molecular weight is 326 g/mol. The van der Waals surface area contributed by atoms with Crippen molar-refractivity contribution in [3.8, 4) is 0 Å². The van der Waals surface area contributed by atoms with E-state index in [1.165, 1.54) is 17.5 Å². The second-order valence-electron chi connectivity index (χ2n) is 6.31. The molecule has 4 N–H and O–H groups in total. The van der Waals surface area contributed by atoms with Gasteiger partial charge in [0.15, 0.2) is 0 Å². The first-order chi connectivity index (χ1) is 11.6. The zero-order chi connectivity index (χ0) is 16.9. The molecule has 1 saturated heterocycles. The average Bonchev–Trinajstić information content (AvgIpc) is 3.08. The van der Waals surface area contributed by atoms with Gasteiger partial charge in [-0.05, 0) is 50.1 Å². The highest BCUT2D eigenvalue weighted by atomic mass is 15.1. The molecule has 1 aliphatic rings. The van der Waals surface area contributed by atoms with E-state index < -0.39 is 0 Å². The van der Waals surface area contributed by atoms with E-state index in [2.05, 4.69) is 56.4 Å². The van der Waals surface area contributed by atoms with Gasteiger partial charge in [-0.2, -0.15) is 4.98 Å². The molecule has 1 aromatic carbocycles. The predicted molar refractivity (Wildman–Crippen MR) is 98.9 cm³/mol. The minimum atomic E-state index is 0.569. The maximum atomic E-state index is 4.45. The molecule has 0 bridgehead atoms. The Labute approximate surface area is 143 Å². The van der Waals surface area contributed by atoms with Crippen LogP contribution in [0, 0.1) is 13.8 Å². The van der Waals surface area contributed by atoms with Gasteiger partial charge in [0.1, 0.15) is 5.82 Å².